The summed E-state index contributed by atoms with van der Waals surface area (Å²) in [6.45, 7) is 2.42. The van der Waals surface area contributed by atoms with Gasteiger partial charge in [0.05, 0.1) is 12.7 Å². The molecular formula is C21H20N4O3. The number of rotatable bonds is 6. The van der Waals surface area contributed by atoms with Crippen LogP contribution in [0.1, 0.15) is 32.0 Å². The van der Waals surface area contributed by atoms with Gasteiger partial charge in [-0.3, -0.25) is 4.79 Å². The lowest BCUT2D eigenvalue weighted by Crippen LogP contribution is -2.24. The molecular weight excluding hydrogens is 356 g/mol. The Labute approximate surface area is 162 Å². The molecule has 0 fully saturated rings. The summed E-state index contributed by atoms with van der Waals surface area (Å²) in [7, 11) is 1.33. The van der Waals surface area contributed by atoms with E-state index in [1.165, 1.54) is 13.4 Å². The van der Waals surface area contributed by atoms with Crippen LogP contribution in [-0.2, 0) is 11.3 Å². The van der Waals surface area contributed by atoms with Crippen molar-refractivity contribution >= 4 is 23.4 Å². The number of benzene rings is 2. The van der Waals surface area contributed by atoms with Gasteiger partial charge in [-0.1, -0.05) is 29.8 Å². The van der Waals surface area contributed by atoms with Gasteiger partial charge in [-0.25, -0.2) is 14.8 Å². The molecule has 0 bridgehead atoms. The molecule has 2 aromatic carbocycles. The first-order chi connectivity index (χ1) is 13.5. The van der Waals surface area contributed by atoms with Crippen molar-refractivity contribution in [2.75, 3.05) is 12.4 Å². The van der Waals surface area contributed by atoms with Gasteiger partial charge in [0.25, 0.3) is 5.91 Å². The van der Waals surface area contributed by atoms with Crippen molar-refractivity contribution in [2.24, 2.45) is 0 Å². The van der Waals surface area contributed by atoms with Crippen LogP contribution in [0, 0.1) is 6.92 Å². The largest absolute Gasteiger partial charge is 0.465 e. The molecule has 0 aliphatic rings. The summed E-state index contributed by atoms with van der Waals surface area (Å²) in [4.78, 5) is 32.0. The van der Waals surface area contributed by atoms with E-state index in [4.69, 9.17) is 0 Å². The van der Waals surface area contributed by atoms with Gasteiger partial charge in [-0.2, -0.15) is 0 Å². The van der Waals surface area contributed by atoms with Crippen molar-refractivity contribution in [3.8, 4) is 0 Å². The molecule has 1 heterocycles. The molecule has 1 aromatic heterocycles. The number of nitrogens with zero attached hydrogens (tertiary/aromatic N) is 2. The third kappa shape index (κ3) is 4.91. The molecule has 1 amide bonds. The van der Waals surface area contributed by atoms with E-state index in [2.05, 4.69) is 25.3 Å². The Morgan fingerprint density at radius 3 is 2.54 bits per heavy atom. The summed E-state index contributed by atoms with van der Waals surface area (Å²) in [5.41, 5.74) is 3.59. The first kappa shape index (κ1) is 19.0. The fourth-order valence-electron chi connectivity index (χ4n) is 2.60. The molecule has 0 saturated carbocycles. The first-order valence-electron chi connectivity index (χ1n) is 8.66. The molecule has 2 N–H and O–H groups in total. The smallest absolute Gasteiger partial charge is 0.337 e. The summed E-state index contributed by atoms with van der Waals surface area (Å²) in [5.74, 6) is -0.212. The maximum atomic E-state index is 12.4. The summed E-state index contributed by atoms with van der Waals surface area (Å²) >= 11 is 0. The molecule has 28 heavy (non-hydrogen) atoms. The van der Waals surface area contributed by atoms with E-state index in [1.807, 2.05) is 31.2 Å². The van der Waals surface area contributed by atoms with Gasteiger partial charge in [0.1, 0.15) is 17.8 Å². The number of methoxy groups -OCH3 is 1. The molecule has 7 nitrogen and oxygen atoms in total. The zero-order valence-electron chi connectivity index (χ0n) is 15.6. The summed E-state index contributed by atoms with van der Waals surface area (Å²) < 4.78 is 4.67. The van der Waals surface area contributed by atoms with Crippen molar-refractivity contribution in [3.63, 3.8) is 0 Å². The van der Waals surface area contributed by atoms with Crippen LogP contribution in [0.5, 0.6) is 0 Å². The van der Waals surface area contributed by atoms with Crippen LogP contribution < -0.4 is 10.6 Å². The number of aromatic nitrogens is 2. The van der Waals surface area contributed by atoms with Crippen LogP contribution in [0.2, 0.25) is 0 Å². The number of aryl methyl sites for hydroxylation is 1. The number of hydrogen-bond donors (Lipinski definition) is 2. The van der Waals surface area contributed by atoms with E-state index in [0.717, 1.165) is 16.8 Å². The lowest BCUT2D eigenvalue weighted by molar-refractivity contribution is 0.0600. The predicted octanol–water partition coefficient (Wildman–Crippen LogP) is 3.25. The molecule has 0 unspecified atom stereocenters. The van der Waals surface area contributed by atoms with E-state index >= 15 is 0 Å². The second-order valence-corrected chi connectivity index (χ2v) is 6.15. The lowest BCUT2D eigenvalue weighted by Gasteiger charge is -2.08. The Morgan fingerprint density at radius 1 is 1.04 bits per heavy atom. The van der Waals surface area contributed by atoms with Crippen LogP contribution in [0.15, 0.2) is 60.9 Å². The minimum absolute atomic E-state index is 0.260. The number of carbonyl (C=O) groups is 2. The highest BCUT2D eigenvalue weighted by molar-refractivity contribution is 5.93. The first-order valence-corrected chi connectivity index (χ1v) is 8.66. The molecule has 0 aliphatic carbocycles. The monoisotopic (exact) mass is 376 g/mol. The molecule has 7 heteroatoms. The summed E-state index contributed by atoms with van der Waals surface area (Å²) in [5, 5.41) is 5.93. The molecule has 0 atom stereocenters. The zero-order valence-corrected chi connectivity index (χ0v) is 15.6. The number of esters is 1. The summed E-state index contributed by atoms with van der Waals surface area (Å²) in [6.07, 6.45) is 1.33. The van der Waals surface area contributed by atoms with Crippen molar-refractivity contribution < 1.29 is 14.3 Å². The van der Waals surface area contributed by atoms with Crippen LogP contribution in [0.25, 0.3) is 0 Å². The molecule has 142 valence electrons. The highest BCUT2D eigenvalue weighted by atomic mass is 16.5. The topological polar surface area (TPSA) is 93.2 Å². The molecule has 0 spiro atoms. The van der Waals surface area contributed by atoms with E-state index in [-0.39, 0.29) is 11.6 Å². The van der Waals surface area contributed by atoms with Crippen molar-refractivity contribution in [2.45, 2.75) is 13.5 Å². The Balaban J connectivity index is 1.64. The van der Waals surface area contributed by atoms with Gasteiger partial charge in [-0.15, -0.1) is 0 Å². The molecule has 0 saturated heterocycles. The quantitative estimate of drug-likeness (QED) is 0.642. The third-order valence-corrected chi connectivity index (χ3v) is 4.01. The Bertz CT molecular complexity index is 987. The molecule has 0 radical (unpaired) electrons. The normalized spacial score (nSPS) is 10.2. The number of anilines is 2. The van der Waals surface area contributed by atoms with E-state index in [9.17, 15) is 9.59 Å². The zero-order chi connectivity index (χ0) is 19.9. The highest BCUT2D eigenvalue weighted by Crippen LogP contribution is 2.16. The maximum absolute atomic E-state index is 12.4. The van der Waals surface area contributed by atoms with Gasteiger partial charge in [0.15, 0.2) is 0 Å². The number of nitrogens with one attached hydrogen (secondary N) is 2. The summed E-state index contributed by atoms with van der Waals surface area (Å²) in [6, 6.07) is 16.2. The average molecular weight is 376 g/mol. The Kier molecular flexibility index (Phi) is 5.96. The van der Waals surface area contributed by atoms with Gasteiger partial charge in [0, 0.05) is 18.3 Å². The van der Waals surface area contributed by atoms with Crippen LogP contribution in [-0.4, -0.2) is 29.0 Å². The number of amides is 1. The maximum Gasteiger partial charge on any atom is 0.337 e. The minimum atomic E-state index is -0.402. The van der Waals surface area contributed by atoms with Crippen molar-refractivity contribution in [1.82, 2.24) is 15.3 Å². The Morgan fingerprint density at radius 2 is 1.82 bits per heavy atom. The number of carbonyl (C=O) groups excluding carboxylic acids is 2. The minimum Gasteiger partial charge on any atom is -0.465 e. The van der Waals surface area contributed by atoms with Gasteiger partial charge in [0.2, 0.25) is 0 Å². The fourth-order valence-corrected chi connectivity index (χ4v) is 2.60. The number of hydrogen-bond acceptors (Lipinski definition) is 6. The van der Waals surface area contributed by atoms with Crippen molar-refractivity contribution in [3.05, 3.63) is 83.3 Å². The Hall–Kier alpha value is -3.74. The van der Waals surface area contributed by atoms with E-state index in [1.54, 1.807) is 30.3 Å². The van der Waals surface area contributed by atoms with Gasteiger partial charge >= 0.3 is 5.97 Å². The molecule has 0 aliphatic heterocycles. The van der Waals surface area contributed by atoms with Gasteiger partial charge in [-0.05, 0) is 36.8 Å². The standard InChI is InChI=1S/C21H20N4O3/c1-14-4-3-5-15(10-14)12-22-20(26)18-11-19(24-13-23-18)25-17-8-6-16(7-9-17)21(27)28-2/h3-11,13H,12H2,1-2H3,(H,22,26)(H,23,24,25). The highest BCUT2D eigenvalue weighted by Gasteiger charge is 2.09. The van der Waals surface area contributed by atoms with E-state index < -0.39 is 5.97 Å². The second kappa shape index (κ2) is 8.77. The van der Waals surface area contributed by atoms with Crippen molar-refractivity contribution in [1.29, 1.82) is 0 Å². The van der Waals surface area contributed by atoms with E-state index in [0.29, 0.717) is 17.9 Å². The SMILES string of the molecule is COC(=O)c1ccc(Nc2cc(C(=O)NCc3cccc(C)c3)ncn2)cc1. The molecule has 3 rings (SSSR count). The number of ether oxygens (including phenoxy) is 1. The average Bonchev–Trinajstić information content (AvgIpc) is 2.72. The van der Waals surface area contributed by atoms with Crippen LogP contribution >= 0.6 is 0 Å². The van der Waals surface area contributed by atoms with Gasteiger partial charge < -0.3 is 15.4 Å². The third-order valence-electron chi connectivity index (χ3n) is 4.01. The second-order valence-electron chi connectivity index (χ2n) is 6.15. The predicted molar refractivity (Wildman–Crippen MR) is 105 cm³/mol. The van der Waals surface area contributed by atoms with Crippen LogP contribution in [0.4, 0.5) is 11.5 Å². The molecule has 3 aromatic rings. The van der Waals surface area contributed by atoms with Crippen LogP contribution in [0.3, 0.4) is 0 Å². The fraction of sp³-hybridized carbons (Fsp3) is 0.143. The lowest BCUT2D eigenvalue weighted by atomic mass is 10.1.